The maximum atomic E-state index is 12.4. The van der Waals surface area contributed by atoms with Gasteiger partial charge in [0.2, 0.25) is 0 Å². The van der Waals surface area contributed by atoms with Crippen molar-refractivity contribution >= 4 is 33.0 Å². The second-order valence-corrected chi connectivity index (χ2v) is 5.93. The number of fused-ring (bicyclic) bond motifs is 1. The van der Waals surface area contributed by atoms with E-state index >= 15 is 0 Å². The zero-order valence-corrected chi connectivity index (χ0v) is 12.8. The third kappa shape index (κ3) is 2.07. The molecule has 0 aliphatic rings. The Labute approximate surface area is 125 Å². The summed E-state index contributed by atoms with van der Waals surface area (Å²) in [6.45, 7) is 5.07. The average molecular weight is 308 g/mol. The number of hydrogen-bond donors (Lipinski definition) is 0. The Morgan fingerprint density at radius 3 is 2.95 bits per heavy atom. The molecule has 0 spiro atoms. The van der Waals surface area contributed by atoms with E-state index in [0.29, 0.717) is 11.6 Å². The quantitative estimate of drug-likeness (QED) is 0.745. The van der Waals surface area contributed by atoms with Gasteiger partial charge in [-0.1, -0.05) is 11.6 Å². The average Bonchev–Trinajstić information content (AvgIpc) is 3.01. The lowest BCUT2D eigenvalue weighted by molar-refractivity contribution is 0.593. The highest BCUT2D eigenvalue weighted by Gasteiger charge is 2.14. The van der Waals surface area contributed by atoms with Crippen LogP contribution in [0.3, 0.4) is 0 Å². The molecule has 3 aromatic heterocycles. The van der Waals surface area contributed by atoms with Gasteiger partial charge in [0.15, 0.2) is 0 Å². The van der Waals surface area contributed by atoms with E-state index < -0.39 is 0 Å². The van der Waals surface area contributed by atoms with Crippen molar-refractivity contribution in [1.82, 2.24) is 14.3 Å². The molecule has 0 aliphatic heterocycles. The molecule has 0 radical (unpaired) electrons. The summed E-state index contributed by atoms with van der Waals surface area (Å²) in [6, 6.07) is 3.83. The van der Waals surface area contributed by atoms with Crippen molar-refractivity contribution in [2.24, 2.45) is 0 Å². The molecule has 104 valence electrons. The van der Waals surface area contributed by atoms with Crippen molar-refractivity contribution in [3.05, 3.63) is 50.5 Å². The summed E-state index contributed by atoms with van der Waals surface area (Å²) in [7, 11) is 0. The highest BCUT2D eigenvalue weighted by molar-refractivity contribution is 7.17. The van der Waals surface area contributed by atoms with Gasteiger partial charge in [0.05, 0.1) is 28.3 Å². The fourth-order valence-corrected chi connectivity index (χ4v) is 3.28. The van der Waals surface area contributed by atoms with E-state index in [1.165, 1.54) is 0 Å². The number of pyridine rings is 1. The Kier molecular flexibility index (Phi) is 3.40. The lowest BCUT2D eigenvalue weighted by atomic mass is 10.3. The minimum atomic E-state index is 0.0151. The third-order valence-corrected chi connectivity index (χ3v) is 4.74. The molecule has 0 aromatic carbocycles. The van der Waals surface area contributed by atoms with Crippen LogP contribution in [0, 0.1) is 6.92 Å². The summed E-state index contributed by atoms with van der Waals surface area (Å²) in [5.41, 5.74) is 1.69. The van der Waals surface area contributed by atoms with E-state index in [-0.39, 0.29) is 5.56 Å². The van der Waals surface area contributed by atoms with Gasteiger partial charge in [-0.15, -0.1) is 11.3 Å². The van der Waals surface area contributed by atoms with Crippen LogP contribution < -0.4 is 5.56 Å². The molecule has 4 nitrogen and oxygen atoms in total. The Morgan fingerprint density at radius 1 is 1.40 bits per heavy atom. The van der Waals surface area contributed by atoms with Crippen LogP contribution >= 0.6 is 22.9 Å². The van der Waals surface area contributed by atoms with Crippen LogP contribution in [0.5, 0.6) is 0 Å². The van der Waals surface area contributed by atoms with Crippen LogP contribution in [-0.2, 0) is 13.1 Å². The van der Waals surface area contributed by atoms with Gasteiger partial charge in [0, 0.05) is 17.4 Å². The molecule has 0 unspecified atom stereocenters. The number of aryl methyl sites for hydroxylation is 2. The molecule has 0 saturated carbocycles. The first-order valence-electron chi connectivity index (χ1n) is 6.40. The fraction of sp³-hybridized carbons (Fsp3) is 0.286. The van der Waals surface area contributed by atoms with E-state index in [2.05, 4.69) is 5.10 Å². The molecule has 0 bridgehead atoms. The van der Waals surface area contributed by atoms with E-state index in [4.69, 9.17) is 11.6 Å². The molecule has 0 amide bonds. The minimum Gasteiger partial charge on any atom is -0.309 e. The van der Waals surface area contributed by atoms with Crippen LogP contribution in [0.25, 0.3) is 10.1 Å². The number of rotatable bonds is 3. The van der Waals surface area contributed by atoms with Gasteiger partial charge < -0.3 is 4.57 Å². The molecule has 3 heterocycles. The summed E-state index contributed by atoms with van der Waals surface area (Å²) in [5.74, 6) is 0. The highest BCUT2D eigenvalue weighted by Crippen LogP contribution is 2.22. The van der Waals surface area contributed by atoms with Crippen LogP contribution in [-0.4, -0.2) is 14.3 Å². The molecule has 3 aromatic rings. The lowest BCUT2D eigenvalue weighted by Gasteiger charge is -2.08. The monoisotopic (exact) mass is 307 g/mol. The molecule has 0 saturated heterocycles. The second kappa shape index (κ2) is 5.07. The van der Waals surface area contributed by atoms with Gasteiger partial charge in [-0.25, -0.2) is 0 Å². The van der Waals surface area contributed by atoms with Crippen molar-refractivity contribution in [3.63, 3.8) is 0 Å². The first-order chi connectivity index (χ1) is 9.61. The summed E-state index contributed by atoms with van der Waals surface area (Å²) >= 11 is 7.87. The molecular weight excluding hydrogens is 294 g/mol. The SMILES string of the molecule is CCn1nc(C)c(Cl)c1Cn1ccc2sccc2c1=O. The number of halogens is 1. The minimum absolute atomic E-state index is 0.0151. The van der Waals surface area contributed by atoms with Gasteiger partial charge in [-0.2, -0.15) is 5.10 Å². The fourth-order valence-electron chi connectivity index (χ4n) is 2.31. The third-order valence-electron chi connectivity index (χ3n) is 3.37. The van der Waals surface area contributed by atoms with Crippen LogP contribution in [0.2, 0.25) is 5.02 Å². The smallest absolute Gasteiger partial charge is 0.259 e. The summed E-state index contributed by atoms with van der Waals surface area (Å²) < 4.78 is 4.54. The molecule has 0 N–H and O–H groups in total. The summed E-state index contributed by atoms with van der Waals surface area (Å²) in [4.78, 5) is 12.4. The van der Waals surface area contributed by atoms with Crippen molar-refractivity contribution in [2.75, 3.05) is 0 Å². The molecule has 20 heavy (non-hydrogen) atoms. The largest absolute Gasteiger partial charge is 0.309 e. The van der Waals surface area contributed by atoms with Crippen molar-refractivity contribution in [3.8, 4) is 0 Å². The number of hydrogen-bond acceptors (Lipinski definition) is 3. The van der Waals surface area contributed by atoms with Crippen LogP contribution in [0.4, 0.5) is 0 Å². The van der Waals surface area contributed by atoms with Crippen LogP contribution in [0.15, 0.2) is 28.5 Å². The van der Waals surface area contributed by atoms with Crippen LogP contribution in [0.1, 0.15) is 18.3 Å². The lowest BCUT2D eigenvalue weighted by Crippen LogP contribution is -2.21. The number of thiophene rings is 1. The first-order valence-corrected chi connectivity index (χ1v) is 7.66. The summed E-state index contributed by atoms with van der Waals surface area (Å²) in [6.07, 6.45) is 1.82. The van der Waals surface area contributed by atoms with Gasteiger partial charge >= 0.3 is 0 Å². The van der Waals surface area contributed by atoms with E-state index in [1.54, 1.807) is 15.9 Å². The highest BCUT2D eigenvalue weighted by atomic mass is 35.5. The topological polar surface area (TPSA) is 39.8 Å². The molecule has 3 rings (SSSR count). The second-order valence-electron chi connectivity index (χ2n) is 4.61. The molecule has 0 aliphatic carbocycles. The van der Waals surface area contributed by atoms with E-state index in [9.17, 15) is 4.79 Å². The van der Waals surface area contributed by atoms with E-state index in [0.717, 1.165) is 28.0 Å². The van der Waals surface area contributed by atoms with Crippen molar-refractivity contribution in [1.29, 1.82) is 0 Å². The Bertz CT molecular complexity index is 831. The number of aromatic nitrogens is 3. The summed E-state index contributed by atoms with van der Waals surface area (Å²) in [5, 5.41) is 7.71. The Hall–Kier alpha value is -1.59. The predicted molar refractivity (Wildman–Crippen MR) is 82.8 cm³/mol. The molecular formula is C14H14ClN3OS. The van der Waals surface area contributed by atoms with Crippen molar-refractivity contribution < 1.29 is 0 Å². The van der Waals surface area contributed by atoms with Gasteiger partial charge in [-0.05, 0) is 31.4 Å². The van der Waals surface area contributed by atoms with Gasteiger partial charge in [0.25, 0.3) is 5.56 Å². The molecule has 0 atom stereocenters. The Morgan fingerprint density at radius 2 is 2.20 bits per heavy atom. The zero-order valence-electron chi connectivity index (χ0n) is 11.3. The van der Waals surface area contributed by atoms with Gasteiger partial charge in [-0.3, -0.25) is 9.48 Å². The standard InChI is InChI=1S/C14H14ClN3OS/c1-3-18-11(13(15)9(2)16-18)8-17-6-4-12-10(14(17)19)5-7-20-12/h4-7H,3,8H2,1-2H3. The molecule has 6 heteroatoms. The van der Waals surface area contributed by atoms with Crippen molar-refractivity contribution in [2.45, 2.75) is 26.9 Å². The van der Waals surface area contributed by atoms with Gasteiger partial charge in [0.1, 0.15) is 0 Å². The zero-order chi connectivity index (χ0) is 14.3. The van der Waals surface area contributed by atoms with E-state index in [1.807, 2.05) is 42.2 Å². The maximum absolute atomic E-state index is 12.4. The predicted octanol–water partition coefficient (Wildman–Crippen LogP) is 3.29. The molecule has 0 fully saturated rings. The number of nitrogens with zero attached hydrogens (tertiary/aromatic N) is 3. The maximum Gasteiger partial charge on any atom is 0.259 e. The Balaban J connectivity index is 2.09. The first kappa shape index (κ1) is 13.4. The normalized spacial score (nSPS) is 11.3.